The van der Waals surface area contributed by atoms with Crippen molar-refractivity contribution in [2.75, 3.05) is 25.7 Å². The molecule has 0 aliphatic heterocycles. The Balaban J connectivity index is 0.00000131. The molecule has 0 saturated heterocycles. The molecular weight excluding hydrogens is 590 g/mol. The molecule has 3 aromatic carbocycles. The smallest absolute Gasteiger partial charge is 0.326 e. The lowest BCUT2D eigenvalue weighted by Gasteiger charge is -2.18. The van der Waals surface area contributed by atoms with Crippen molar-refractivity contribution < 1.29 is 24.2 Å². The van der Waals surface area contributed by atoms with Crippen LogP contribution in [0.2, 0.25) is 0 Å². The Bertz CT molecular complexity index is 1230. The van der Waals surface area contributed by atoms with Crippen molar-refractivity contribution in [2.24, 2.45) is 0 Å². The average Bonchev–Trinajstić information content (AvgIpc) is 2.94. The first-order valence-corrected chi connectivity index (χ1v) is 15.4. The van der Waals surface area contributed by atoms with E-state index in [4.69, 9.17) is 4.74 Å². The molecule has 0 aromatic heterocycles. The number of nitrogens with one attached hydrogen (secondary N) is 1. The largest absolute Gasteiger partial charge is 0.480 e. The van der Waals surface area contributed by atoms with Crippen LogP contribution in [0.4, 0.5) is 0 Å². The van der Waals surface area contributed by atoms with E-state index in [0.717, 1.165) is 39.8 Å². The number of carboxylic acids is 1. The third kappa shape index (κ3) is 11.1. The zero-order valence-electron chi connectivity index (χ0n) is 23.9. The van der Waals surface area contributed by atoms with Gasteiger partial charge in [0, 0.05) is 23.8 Å². The summed E-state index contributed by atoms with van der Waals surface area (Å²) in [6.45, 7) is 7.23. The Morgan fingerprint density at radius 1 is 1.02 bits per heavy atom. The highest BCUT2D eigenvalue weighted by atomic mass is 79.9. The van der Waals surface area contributed by atoms with E-state index in [-0.39, 0.29) is 6.10 Å². The van der Waals surface area contributed by atoms with Crippen LogP contribution in [0, 0.1) is 6.92 Å². The lowest BCUT2D eigenvalue weighted by Crippen LogP contribution is -2.41. The van der Waals surface area contributed by atoms with E-state index in [1.807, 2.05) is 75.6 Å². The molecule has 3 rings (SSSR count). The minimum absolute atomic E-state index is 0.0111. The molecule has 0 heterocycles. The number of methoxy groups -OCH3 is 1. The van der Waals surface area contributed by atoms with Crippen molar-refractivity contribution in [1.82, 2.24) is 5.32 Å². The number of ether oxygens (including phenoxy) is 2. The van der Waals surface area contributed by atoms with E-state index in [1.54, 1.807) is 24.9 Å². The van der Waals surface area contributed by atoms with Crippen LogP contribution < -0.4 is 5.32 Å². The van der Waals surface area contributed by atoms with Crippen LogP contribution in [-0.2, 0) is 27.3 Å². The van der Waals surface area contributed by atoms with E-state index in [2.05, 4.69) is 38.1 Å². The normalized spacial score (nSPS) is 12.2. The molecule has 216 valence electrons. The highest BCUT2D eigenvalue weighted by Crippen LogP contribution is 2.29. The van der Waals surface area contributed by atoms with Crippen LogP contribution in [0.5, 0.6) is 0 Å². The molecule has 40 heavy (non-hydrogen) atoms. The maximum absolute atomic E-state index is 13.2. The number of thioether (sulfide) groups is 1. The zero-order chi connectivity index (χ0) is 29.5. The van der Waals surface area contributed by atoms with Crippen molar-refractivity contribution >= 4 is 39.6 Å². The third-order valence-corrected chi connectivity index (χ3v) is 7.35. The van der Waals surface area contributed by atoms with Gasteiger partial charge in [0.1, 0.15) is 6.04 Å². The van der Waals surface area contributed by atoms with Gasteiger partial charge in [-0.2, -0.15) is 11.8 Å². The molecule has 3 aromatic rings. The van der Waals surface area contributed by atoms with Gasteiger partial charge in [-0.15, -0.1) is 0 Å². The monoisotopic (exact) mass is 629 g/mol. The molecule has 0 aliphatic rings. The van der Waals surface area contributed by atoms with Gasteiger partial charge >= 0.3 is 5.97 Å². The van der Waals surface area contributed by atoms with Gasteiger partial charge < -0.3 is 19.9 Å². The number of carbonyl (C=O) groups is 2. The summed E-state index contributed by atoms with van der Waals surface area (Å²) in [7, 11) is 1.68. The van der Waals surface area contributed by atoms with Crippen molar-refractivity contribution in [3.8, 4) is 11.1 Å². The molecule has 0 aliphatic carbocycles. The van der Waals surface area contributed by atoms with Crippen LogP contribution in [0.1, 0.15) is 47.3 Å². The summed E-state index contributed by atoms with van der Waals surface area (Å²) < 4.78 is 11.7. The highest BCUT2D eigenvalue weighted by Gasteiger charge is 2.23. The molecule has 0 saturated carbocycles. The molecule has 8 heteroatoms. The van der Waals surface area contributed by atoms with E-state index in [1.165, 1.54) is 5.56 Å². The first-order chi connectivity index (χ1) is 19.2. The summed E-state index contributed by atoms with van der Waals surface area (Å²) in [6.07, 6.45) is 3.08. The molecule has 2 unspecified atom stereocenters. The fourth-order valence-corrected chi connectivity index (χ4v) is 4.92. The Kier molecular flexibility index (Phi) is 15.0. The molecule has 2 atom stereocenters. The van der Waals surface area contributed by atoms with Gasteiger partial charge in [-0.3, -0.25) is 4.79 Å². The van der Waals surface area contributed by atoms with Crippen LogP contribution in [-0.4, -0.2) is 54.9 Å². The van der Waals surface area contributed by atoms with Crippen LogP contribution >= 0.6 is 27.7 Å². The van der Waals surface area contributed by atoms with E-state index >= 15 is 0 Å². The Labute approximate surface area is 251 Å². The first-order valence-electron chi connectivity index (χ1n) is 13.3. The van der Waals surface area contributed by atoms with Gasteiger partial charge in [-0.25, -0.2) is 4.79 Å². The number of benzene rings is 3. The molecule has 0 spiro atoms. The van der Waals surface area contributed by atoms with Gasteiger partial charge in [0.15, 0.2) is 0 Å². The topological polar surface area (TPSA) is 84.9 Å². The summed E-state index contributed by atoms with van der Waals surface area (Å²) in [5, 5.41) is 12.3. The van der Waals surface area contributed by atoms with Gasteiger partial charge in [0.25, 0.3) is 5.91 Å². The number of aliphatic carboxylic acids is 1. The van der Waals surface area contributed by atoms with Gasteiger partial charge in [0.05, 0.1) is 12.7 Å². The van der Waals surface area contributed by atoms with Crippen molar-refractivity contribution in [3.63, 3.8) is 0 Å². The fourth-order valence-electron chi connectivity index (χ4n) is 4.00. The lowest BCUT2D eigenvalue weighted by atomic mass is 9.93. The maximum Gasteiger partial charge on any atom is 0.326 e. The summed E-state index contributed by atoms with van der Waals surface area (Å²) in [4.78, 5) is 24.9. The number of halogens is 1. The quantitative estimate of drug-likeness (QED) is 0.209. The molecule has 1 amide bonds. The summed E-state index contributed by atoms with van der Waals surface area (Å²) in [5.41, 5.74) is 5.32. The third-order valence-electron chi connectivity index (χ3n) is 6.21. The molecule has 2 N–H and O–H groups in total. The van der Waals surface area contributed by atoms with E-state index in [9.17, 15) is 14.7 Å². The van der Waals surface area contributed by atoms with Gasteiger partial charge in [-0.1, -0.05) is 58.4 Å². The van der Waals surface area contributed by atoms with Crippen molar-refractivity contribution in [2.45, 2.75) is 52.4 Å². The number of carbonyl (C=O) groups excluding carboxylic acids is 1. The van der Waals surface area contributed by atoms with Crippen molar-refractivity contribution in [1.29, 1.82) is 0 Å². The number of hydrogen-bond acceptors (Lipinski definition) is 5. The van der Waals surface area contributed by atoms with Crippen molar-refractivity contribution in [3.05, 3.63) is 93.5 Å². The number of rotatable bonds is 13. The second kappa shape index (κ2) is 17.9. The Morgan fingerprint density at radius 2 is 1.75 bits per heavy atom. The predicted molar refractivity (Wildman–Crippen MR) is 168 cm³/mol. The number of carboxylic acid groups (broad SMARTS) is 1. The average molecular weight is 631 g/mol. The second-order valence-electron chi connectivity index (χ2n) is 9.37. The zero-order valence-corrected chi connectivity index (χ0v) is 26.3. The second-order valence-corrected chi connectivity index (χ2v) is 11.3. The van der Waals surface area contributed by atoms with E-state index in [0.29, 0.717) is 24.3 Å². The highest BCUT2D eigenvalue weighted by molar-refractivity contribution is 9.10. The minimum Gasteiger partial charge on any atom is -0.480 e. The summed E-state index contributed by atoms with van der Waals surface area (Å²) in [6, 6.07) is 20.7. The Morgan fingerprint density at radius 3 is 2.38 bits per heavy atom. The van der Waals surface area contributed by atoms with Crippen LogP contribution in [0.15, 0.2) is 71.2 Å². The molecule has 0 radical (unpaired) electrons. The molecule has 0 bridgehead atoms. The van der Waals surface area contributed by atoms with Gasteiger partial charge in [0.2, 0.25) is 0 Å². The number of hydrogen-bond donors (Lipinski definition) is 2. The Hall–Kier alpha value is -2.65. The molecular formula is C32H40BrNO5S. The molecule has 6 nitrogen and oxygen atoms in total. The van der Waals surface area contributed by atoms with Crippen LogP contribution in [0.3, 0.4) is 0 Å². The fraction of sp³-hybridized carbons (Fsp3) is 0.375. The standard InChI is InChI=1S/C29H32BrNO4S.C3H8O/c1-19-7-4-5-10-24(19)26-17-22(18-35-20(2)15-21-8-6-9-23(30)16-21)11-12-25(26)28(32)31-27(29(33)34)13-14-36-3;1-3-4-2/h4-12,16-17,20,27H,13-15,18H2,1-3H3,(H,31,32)(H,33,34);3H2,1-2H3. The minimum atomic E-state index is -1.03. The van der Waals surface area contributed by atoms with Gasteiger partial charge in [-0.05, 0) is 97.7 Å². The SMILES string of the molecule is CCOC.CSCCC(NC(=O)c1ccc(COC(C)Cc2cccc(Br)c2)cc1-c1ccccc1C)C(=O)O. The maximum atomic E-state index is 13.2. The number of amides is 1. The summed E-state index contributed by atoms with van der Waals surface area (Å²) in [5.74, 6) is -0.771. The molecule has 0 fully saturated rings. The van der Waals surface area contributed by atoms with E-state index < -0.39 is 17.9 Å². The first kappa shape index (κ1) is 33.6. The number of aryl methyl sites for hydroxylation is 1. The predicted octanol–water partition coefficient (Wildman–Crippen LogP) is 7.16. The lowest BCUT2D eigenvalue weighted by molar-refractivity contribution is -0.139. The van der Waals surface area contributed by atoms with Crippen LogP contribution in [0.25, 0.3) is 11.1 Å². The summed E-state index contributed by atoms with van der Waals surface area (Å²) >= 11 is 5.06.